The zero-order chi connectivity index (χ0) is 13.8. The Morgan fingerprint density at radius 2 is 2.10 bits per heavy atom. The third-order valence-electron chi connectivity index (χ3n) is 2.68. The maximum atomic E-state index is 11.7. The van der Waals surface area contributed by atoms with Crippen LogP contribution >= 0.6 is 11.3 Å². The summed E-state index contributed by atoms with van der Waals surface area (Å²) in [5.41, 5.74) is 1.47. The summed E-state index contributed by atoms with van der Waals surface area (Å²) in [6.45, 7) is 0.217. The highest BCUT2D eigenvalue weighted by Crippen LogP contribution is 2.25. The van der Waals surface area contributed by atoms with E-state index in [1.807, 2.05) is 30.3 Å². The van der Waals surface area contributed by atoms with Crippen molar-refractivity contribution in [3.63, 3.8) is 0 Å². The first kappa shape index (κ1) is 12.6. The maximum Gasteiger partial charge on any atom is 0.341 e. The SMILES string of the molecule is O=C(OCc1cnc(-c2ccccc2)s1)c1ccoc1. The van der Waals surface area contributed by atoms with Crippen molar-refractivity contribution in [1.82, 2.24) is 4.98 Å². The molecule has 0 spiro atoms. The van der Waals surface area contributed by atoms with Crippen molar-refractivity contribution in [3.05, 3.63) is 65.6 Å². The van der Waals surface area contributed by atoms with Gasteiger partial charge in [-0.15, -0.1) is 11.3 Å². The molecule has 0 aliphatic carbocycles. The summed E-state index contributed by atoms with van der Waals surface area (Å²) >= 11 is 1.51. The van der Waals surface area contributed by atoms with Crippen molar-refractivity contribution in [2.75, 3.05) is 0 Å². The molecule has 3 rings (SSSR count). The number of aromatic nitrogens is 1. The number of hydrogen-bond donors (Lipinski definition) is 0. The molecule has 0 radical (unpaired) electrons. The average molecular weight is 285 g/mol. The molecule has 3 aromatic rings. The Balaban J connectivity index is 1.65. The first-order valence-electron chi connectivity index (χ1n) is 6.02. The first-order chi connectivity index (χ1) is 9.83. The topological polar surface area (TPSA) is 52.3 Å². The Morgan fingerprint density at radius 1 is 1.25 bits per heavy atom. The van der Waals surface area contributed by atoms with E-state index >= 15 is 0 Å². The van der Waals surface area contributed by atoms with Crippen LogP contribution in [-0.4, -0.2) is 11.0 Å². The van der Waals surface area contributed by atoms with Gasteiger partial charge in [0.25, 0.3) is 0 Å². The number of hydrogen-bond acceptors (Lipinski definition) is 5. The summed E-state index contributed by atoms with van der Waals surface area (Å²) in [5.74, 6) is -0.395. The first-order valence-corrected chi connectivity index (χ1v) is 6.84. The van der Waals surface area contributed by atoms with Gasteiger partial charge in [0.05, 0.1) is 16.7 Å². The van der Waals surface area contributed by atoms with Gasteiger partial charge < -0.3 is 9.15 Å². The van der Waals surface area contributed by atoms with Crippen LogP contribution in [0.5, 0.6) is 0 Å². The third-order valence-corrected chi connectivity index (χ3v) is 3.70. The lowest BCUT2D eigenvalue weighted by molar-refractivity contribution is 0.0476. The fraction of sp³-hybridized carbons (Fsp3) is 0.0667. The molecule has 20 heavy (non-hydrogen) atoms. The lowest BCUT2D eigenvalue weighted by Gasteiger charge is -1.99. The molecule has 2 heterocycles. The minimum absolute atomic E-state index is 0.217. The van der Waals surface area contributed by atoms with Gasteiger partial charge in [-0.2, -0.15) is 0 Å². The number of benzene rings is 1. The number of esters is 1. The molecule has 4 nitrogen and oxygen atoms in total. The Kier molecular flexibility index (Phi) is 3.60. The quantitative estimate of drug-likeness (QED) is 0.685. The minimum atomic E-state index is -0.395. The largest absolute Gasteiger partial charge is 0.472 e. The van der Waals surface area contributed by atoms with Crippen molar-refractivity contribution in [2.24, 2.45) is 0 Å². The number of nitrogens with zero attached hydrogens (tertiary/aromatic N) is 1. The average Bonchev–Trinajstić information content (AvgIpc) is 3.17. The number of carbonyl (C=O) groups excluding carboxylic acids is 1. The zero-order valence-corrected chi connectivity index (χ0v) is 11.3. The van der Waals surface area contributed by atoms with Crippen molar-refractivity contribution in [1.29, 1.82) is 0 Å². The van der Waals surface area contributed by atoms with Gasteiger partial charge in [-0.3, -0.25) is 0 Å². The number of ether oxygens (including phenoxy) is 1. The molecule has 0 aliphatic heterocycles. The van der Waals surface area contributed by atoms with E-state index in [-0.39, 0.29) is 6.61 Å². The Bertz CT molecular complexity index is 689. The monoisotopic (exact) mass is 285 g/mol. The molecule has 0 fully saturated rings. The molecule has 0 saturated heterocycles. The fourth-order valence-corrected chi connectivity index (χ4v) is 2.52. The van der Waals surface area contributed by atoms with Gasteiger partial charge in [-0.05, 0) is 6.07 Å². The normalized spacial score (nSPS) is 10.4. The molecule has 0 aliphatic rings. The second kappa shape index (κ2) is 5.71. The van der Waals surface area contributed by atoms with Crippen LogP contribution in [0.25, 0.3) is 10.6 Å². The summed E-state index contributed by atoms with van der Waals surface area (Å²) in [6.07, 6.45) is 4.54. The number of rotatable bonds is 4. The molecular weight excluding hydrogens is 274 g/mol. The van der Waals surface area contributed by atoms with Crippen LogP contribution < -0.4 is 0 Å². The van der Waals surface area contributed by atoms with E-state index in [0.717, 1.165) is 15.4 Å². The van der Waals surface area contributed by atoms with Crippen LogP contribution in [0.1, 0.15) is 15.2 Å². The van der Waals surface area contributed by atoms with E-state index in [1.54, 1.807) is 12.3 Å². The molecule has 0 saturated carbocycles. The highest BCUT2D eigenvalue weighted by atomic mass is 32.1. The van der Waals surface area contributed by atoms with E-state index in [1.165, 1.54) is 23.9 Å². The van der Waals surface area contributed by atoms with Crippen LogP contribution in [0, 0.1) is 0 Å². The Hall–Kier alpha value is -2.40. The predicted molar refractivity (Wildman–Crippen MR) is 75.4 cm³/mol. The highest BCUT2D eigenvalue weighted by Gasteiger charge is 2.10. The van der Waals surface area contributed by atoms with E-state index in [4.69, 9.17) is 9.15 Å². The van der Waals surface area contributed by atoms with Crippen molar-refractivity contribution in [2.45, 2.75) is 6.61 Å². The minimum Gasteiger partial charge on any atom is -0.472 e. The lowest BCUT2D eigenvalue weighted by atomic mass is 10.2. The lowest BCUT2D eigenvalue weighted by Crippen LogP contribution is -2.02. The summed E-state index contributed by atoms with van der Waals surface area (Å²) in [5, 5.41) is 0.917. The summed E-state index contributed by atoms with van der Waals surface area (Å²) in [7, 11) is 0. The van der Waals surface area contributed by atoms with Gasteiger partial charge in [-0.25, -0.2) is 9.78 Å². The van der Waals surface area contributed by atoms with Gasteiger partial charge in [0.15, 0.2) is 0 Å². The number of thiazole rings is 1. The molecule has 100 valence electrons. The zero-order valence-electron chi connectivity index (χ0n) is 10.5. The van der Waals surface area contributed by atoms with Crippen molar-refractivity contribution in [3.8, 4) is 10.6 Å². The molecule has 0 unspecified atom stereocenters. The fourth-order valence-electron chi connectivity index (χ4n) is 1.69. The van der Waals surface area contributed by atoms with Crippen LogP contribution in [0.15, 0.2) is 59.5 Å². The van der Waals surface area contributed by atoms with Gasteiger partial charge in [0.1, 0.15) is 17.9 Å². The number of carbonyl (C=O) groups is 1. The molecule has 2 aromatic heterocycles. The molecule has 0 atom stereocenters. The highest BCUT2D eigenvalue weighted by molar-refractivity contribution is 7.15. The van der Waals surface area contributed by atoms with Crippen molar-refractivity contribution < 1.29 is 13.9 Å². The Labute approximate surface area is 119 Å². The molecule has 0 bridgehead atoms. The van der Waals surface area contributed by atoms with Crippen LogP contribution in [0.2, 0.25) is 0 Å². The van der Waals surface area contributed by atoms with Crippen LogP contribution in [0.4, 0.5) is 0 Å². The van der Waals surface area contributed by atoms with Crippen LogP contribution in [0.3, 0.4) is 0 Å². The third kappa shape index (κ3) is 2.78. The van der Waals surface area contributed by atoms with Gasteiger partial charge in [-0.1, -0.05) is 30.3 Å². The van der Waals surface area contributed by atoms with Gasteiger partial charge in [0.2, 0.25) is 0 Å². The number of furan rings is 1. The predicted octanol–water partition coefficient (Wildman–Crippen LogP) is 3.76. The molecular formula is C15H11NO3S. The maximum absolute atomic E-state index is 11.7. The Morgan fingerprint density at radius 3 is 2.85 bits per heavy atom. The molecule has 0 amide bonds. The van der Waals surface area contributed by atoms with Gasteiger partial charge >= 0.3 is 5.97 Å². The molecule has 1 aromatic carbocycles. The second-order valence-corrected chi connectivity index (χ2v) is 5.20. The second-order valence-electron chi connectivity index (χ2n) is 4.09. The standard InChI is InChI=1S/C15H11NO3S/c17-15(12-6-7-18-9-12)19-10-13-8-16-14(20-13)11-4-2-1-3-5-11/h1-9H,10H2. The van der Waals surface area contributed by atoms with E-state index in [2.05, 4.69) is 4.98 Å². The van der Waals surface area contributed by atoms with Crippen molar-refractivity contribution >= 4 is 17.3 Å². The summed E-state index contributed by atoms with van der Waals surface area (Å²) in [4.78, 5) is 16.9. The van der Waals surface area contributed by atoms with Crippen LogP contribution in [-0.2, 0) is 11.3 Å². The van der Waals surface area contributed by atoms with E-state index < -0.39 is 5.97 Å². The van der Waals surface area contributed by atoms with Gasteiger partial charge in [0, 0.05) is 11.8 Å². The van der Waals surface area contributed by atoms with E-state index in [9.17, 15) is 4.79 Å². The smallest absolute Gasteiger partial charge is 0.341 e. The van der Waals surface area contributed by atoms with E-state index in [0.29, 0.717) is 5.56 Å². The molecule has 5 heteroatoms. The summed E-state index contributed by atoms with van der Waals surface area (Å²) in [6, 6.07) is 11.5. The summed E-state index contributed by atoms with van der Waals surface area (Å²) < 4.78 is 10.0. The molecule has 0 N–H and O–H groups in total.